The molecule has 1 aliphatic rings. The van der Waals surface area contributed by atoms with Gasteiger partial charge in [-0.2, -0.15) is 13.8 Å². The van der Waals surface area contributed by atoms with E-state index < -0.39 is 18.6 Å². The standard InChI is InChI=1S/C11H10F2N2O4/c1-17-6-3-2-5(4-7(6)18-10(12)13)8-9(16)15-11(14)19-8/h2-4,8,10H,1H3,(H2,14,15,16). The second-order valence-electron chi connectivity index (χ2n) is 3.57. The second-order valence-corrected chi connectivity index (χ2v) is 3.57. The Morgan fingerprint density at radius 2 is 2.16 bits per heavy atom. The summed E-state index contributed by atoms with van der Waals surface area (Å²) in [6, 6.07) is 3.83. The molecule has 2 N–H and O–H groups in total. The molecule has 1 unspecified atom stereocenters. The predicted octanol–water partition coefficient (Wildman–Crippen LogP) is 1.21. The lowest BCUT2D eigenvalue weighted by molar-refractivity contribution is -0.122. The van der Waals surface area contributed by atoms with Crippen LogP contribution < -0.4 is 15.2 Å². The molecular formula is C11H10F2N2O4. The summed E-state index contributed by atoms with van der Waals surface area (Å²) in [6.45, 7) is -3.01. The third-order valence-corrected chi connectivity index (χ3v) is 2.39. The molecule has 6 nitrogen and oxygen atoms in total. The fourth-order valence-corrected chi connectivity index (χ4v) is 1.62. The molecule has 2 rings (SSSR count). The number of aliphatic imine (C=N–C) groups is 1. The van der Waals surface area contributed by atoms with Crippen molar-refractivity contribution >= 4 is 11.9 Å². The number of nitrogens with two attached hydrogens (primary N) is 1. The summed E-state index contributed by atoms with van der Waals surface area (Å²) >= 11 is 0. The quantitative estimate of drug-likeness (QED) is 0.890. The first kappa shape index (κ1) is 13.1. The van der Waals surface area contributed by atoms with E-state index in [9.17, 15) is 13.6 Å². The molecule has 1 heterocycles. The molecule has 0 bridgehead atoms. The van der Waals surface area contributed by atoms with Crippen molar-refractivity contribution in [1.29, 1.82) is 0 Å². The largest absolute Gasteiger partial charge is 0.493 e. The van der Waals surface area contributed by atoms with E-state index in [0.29, 0.717) is 5.56 Å². The van der Waals surface area contributed by atoms with Crippen LogP contribution in [0.1, 0.15) is 11.7 Å². The summed E-state index contributed by atoms with van der Waals surface area (Å²) in [6.07, 6.45) is -1.05. The van der Waals surface area contributed by atoms with Crippen molar-refractivity contribution in [3.05, 3.63) is 23.8 Å². The SMILES string of the molecule is COc1ccc(C2OC(N)=NC2=O)cc1OC(F)F. The van der Waals surface area contributed by atoms with Crippen LogP contribution in [0.5, 0.6) is 11.5 Å². The van der Waals surface area contributed by atoms with E-state index in [1.54, 1.807) is 0 Å². The average molecular weight is 272 g/mol. The topological polar surface area (TPSA) is 83.1 Å². The van der Waals surface area contributed by atoms with Crippen molar-refractivity contribution in [3.8, 4) is 11.5 Å². The van der Waals surface area contributed by atoms with Crippen molar-refractivity contribution in [2.45, 2.75) is 12.7 Å². The van der Waals surface area contributed by atoms with E-state index in [1.165, 1.54) is 25.3 Å². The summed E-state index contributed by atoms with van der Waals surface area (Å²) in [4.78, 5) is 14.9. The van der Waals surface area contributed by atoms with Gasteiger partial charge in [-0.05, 0) is 12.1 Å². The third kappa shape index (κ3) is 2.72. The number of alkyl halides is 2. The van der Waals surface area contributed by atoms with Crippen LogP contribution >= 0.6 is 0 Å². The molecule has 0 saturated carbocycles. The molecule has 0 fully saturated rings. The minimum absolute atomic E-state index is 0.114. The van der Waals surface area contributed by atoms with Crippen molar-refractivity contribution < 1.29 is 27.8 Å². The molecule has 0 radical (unpaired) electrons. The van der Waals surface area contributed by atoms with Gasteiger partial charge < -0.3 is 19.9 Å². The third-order valence-electron chi connectivity index (χ3n) is 2.39. The zero-order chi connectivity index (χ0) is 14.0. The lowest BCUT2D eigenvalue weighted by atomic mass is 10.1. The van der Waals surface area contributed by atoms with E-state index in [4.69, 9.17) is 15.2 Å². The highest BCUT2D eigenvalue weighted by Crippen LogP contribution is 2.33. The molecule has 8 heteroatoms. The predicted molar refractivity (Wildman–Crippen MR) is 60.1 cm³/mol. The Bertz CT molecular complexity index is 533. The number of carbonyl (C=O) groups excluding carboxylic acids is 1. The van der Waals surface area contributed by atoms with Gasteiger partial charge in [0.2, 0.25) is 6.10 Å². The highest BCUT2D eigenvalue weighted by atomic mass is 19.3. The number of benzene rings is 1. The van der Waals surface area contributed by atoms with Crippen molar-refractivity contribution in [1.82, 2.24) is 0 Å². The zero-order valence-electron chi connectivity index (χ0n) is 9.80. The smallest absolute Gasteiger partial charge is 0.387 e. The molecule has 1 amide bonds. The van der Waals surface area contributed by atoms with Gasteiger partial charge in [-0.15, -0.1) is 0 Å². The molecule has 1 aliphatic heterocycles. The normalized spacial score (nSPS) is 18.2. The van der Waals surface area contributed by atoms with Crippen LogP contribution in [0.25, 0.3) is 0 Å². The molecule has 102 valence electrons. The maximum atomic E-state index is 12.3. The Labute approximate surface area is 106 Å². The number of methoxy groups -OCH3 is 1. The highest BCUT2D eigenvalue weighted by molar-refractivity contribution is 5.98. The van der Waals surface area contributed by atoms with Crippen molar-refractivity contribution in [2.24, 2.45) is 10.7 Å². The Balaban J connectivity index is 2.30. The zero-order valence-corrected chi connectivity index (χ0v) is 9.80. The van der Waals surface area contributed by atoms with E-state index in [2.05, 4.69) is 9.73 Å². The first-order valence-corrected chi connectivity index (χ1v) is 5.18. The molecule has 1 aromatic carbocycles. The minimum Gasteiger partial charge on any atom is -0.493 e. The molecule has 0 aliphatic carbocycles. The van der Waals surface area contributed by atoms with E-state index in [0.717, 1.165) is 0 Å². The van der Waals surface area contributed by atoms with Crippen LogP contribution in [0.3, 0.4) is 0 Å². The summed E-state index contributed by atoms with van der Waals surface area (Å²) in [7, 11) is 1.31. The monoisotopic (exact) mass is 272 g/mol. The van der Waals surface area contributed by atoms with Gasteiger partial charge in [0.15, 0.2) is 11.5 Å². The number of rotatable bonds is 4. The summed E-state index contributed by atoms with van der Waals surface area (Å²) < 4.78 is 38.7. The van der Waals surface area contributed by atoms with E-state index in [1.807, 2.05) is 0 Å². The fourth-order valence-electron chi connectivity index (χ4n) is 1.62. The molecule has 0 spiro atoms. The lowest BCUT2D eigenvalue weighted by Crippen LogP contribution is -2.14. The van der Waals surface area contributed by atoms with Crippen LogP contribution in [0, 0.1) is 0 Å². The Morgan fingerprint density at radius 1 is 1.42 bits per heavy atom. The van der Waals surface area contributed by atoms with Crippen LogP contribution in [-0.2, 0) is 9.53 Å². The Hall–Kier alpha value is -2.38. The van der Waals surface area contributed by atoms with Crippen LogP contribution in [0.2, 0.25) is 0 Å². The Morgan fingerprint density at radius 3 is 2.68 bits per heavy atom. The Kier molecular flexibility index (Phi) is 3.50. The highest BCUT2D eigenvalue weighted by Gasteiger charge is 2.30. The van der Waals surface area contributed by atoms with Gasteiger partial charge in [0.25, 0.3) is 11.9 Å². The van der Waals surface area contributed by atoms with Gasteiger partial charge in [0.1, 0.15) is 0 Å². The van der Waals surface area contributed by atoms with Gasteiger partial charge in [-0.1, -0.05) is 6.07 Å². The van der Waals surface area contributed by atoms with Crippen molar-refractivity contribution in [3.63, 3.8) is 0 Å². The maximum absolute atomic E-state index is 12.3. The van der Waals surface area contributed by atoms with Gasteiger partial charge in [0.05, 0.1) is 7.11 Å². The number of ether oxygens (including phenoxy) is 3. The molecule has 1 atom stereocenters. The first-order valence-electron chi connectivity index (χ1n) is 5.18. The average Bonchev–Trinajstić information content (AvgIpc) is 2.67. The second kappa shape index (κ2) is 5.09. The number of hydrogen-bond donors (Lipinski definition) is 1. The van der Waals surface area contributed by atoms with E-state index >= 15 is 0 Å². The number of halogens is 2. The van der Waals surface area contributed by atoms with Crippen molar-refractivity contribution in [2.75, 3.05) is 7.11 Å². The molecular weight excluding hydrogens is 262 g/mol. The number of nitrogens with zero attached hydrogens (tertiary/aromatic N) is 1. The van der Waals surface area contributed by atoms with E-state index in [-0.39, 0.29) is 17.5 Å². The summed E-state index contributed by atoms with van der Waals surface area (Å²) in [5, 5.41) is 0. The van der Waals surface area contributed by atoms with Gasteiger partial charge in [0, 0.05) is 5.56 Å². The van der Waals surface area contributed by atoms with Gasteiger partial charge in [-0.3, -0.25) is 4.79 Å². The van der Waals surface area contributed by atoms with Crippen LogP contribution in [-0.4, -0.2) is 25.7 Å². The minimum atomic E-state index is -3.01. The maximum Gasteiger partial charge on any atom is 0.387 e. The van der Waals surface area contributed by atoms with Gasteiger partial charge >= 0.3 is 6.61 Å². The first-order chi connectivity index (χ1) is 9.01. The molecule has 1 aromatic rings. The number of hydrogen-bond acceptors (Lipinski definition) is 5. The fraction of sp³-hybridized carbons (Fsp3) is 0.273. The molecule has 0 saturated heterocycles. The molecule has 0 aromatic heterocycles. The summed E-state index contributed by atoms with van der Waals surface area (Å²) in [5.41, 5.74) is 5.56. The molecule has 19 heavy (non-hydrogen) atoms. The lowest BCUT2D eigenvalue weighted by Gasteiger charge is -2.13. The number of amidine groups is 1. The number of carbonyl (C=O) groups is 1. The van der Waals surface area contributed by atoms with Crippen LogP contribution in [0.15, 0.2) is 23.2 Å². The van der Waals surface area contributed by atoms with Gasteiger partial charge in [-0.25, -0.2) is 0 Å². The summed E-state index contributed by atoms with van der Waals surface area (Å²) in [5.74, 6) is -0.689. The van der Waals surface area contributed by atoms with Crippen LogP contribution in [0.4, 0.5) is 8.78 Å². The number of amides is 1.